The molecule has 9 nitrogen and oxygen atoms in total. The van der Waals surface area contributed by atoms with Crippen molar-refractivity contribution in [2.75, 3.05) is 36.5 Å². The summed E-state index contributed by atoms with van der Waals surface area (Å²) in [6.07, 6.45) is 3.09. The Morgan fingerprint density at radius 3 is 2.41 bits per heavy atom. The molecule has 39 heavy (non-hydrogen) atoms. The van der Waals surface area contributed by atoms with Gasteiger partial charge in [-0.3, -0.25) is 14.9 Å². The normalized spacial score (nSPS) is 16.2. The minimum atomic E-state index is -1.43. The van der Waals surface area contributed by atoms with Gasteiger partial charge < -0.3 is 20.1 Å². The van der Waals surface area contributed by atoms with Crippen LogP contribution in [0.5, 0.6) is 0 Å². The van der Waals surface area contributed by atoms with Crippen LogP contribution in [0, 0.1) is 10.1 Å². The Morgan fingerprint density at radius 1 is 1.03 bits per heavy atom. The Bertz CT molecular complexity index is 1490. The van der Waals surface area contributed by atoms with Crippen LogP contribution in [-0.4, -0.2) is 48.2 Å². The quantitative estimate of drug-likeness (QED) is 0.321. The molecule has 0 bridgehead atoms. The number of amides is 1. The van der Waals surface area contributed by atoms with Gasteiger partial charge in [0.1, 0.15) is 5.56 Å². The van der Waals surface area contributed by atoms with Crippen molar-refractivity contribution in [3.63, 3.8) is 0 Å². The monoisotopic (exact) mass is 527 g/mol. The summed E-state index contributed by atoms with van der Waals surface area (Å²) in [6.45, 7) is 7.54. The van der Waals surface area contributed by atoms with E-state index in [0.717, 1.165) is 72.8 Å². The fourth-order valence-electron chi connectivity index (χ4n) is 5.17. The number of ether oxygens (including phenoxy) is 1. The van der Waals surface area contributed by atoms with Gasteiger partial charge >= 0.3 is 5.97 Å². The maximum Gasteiger partial charge on any atom is 0.342 e. The number of aromatic carboxylic acids is 1. The van der Waals surface area contributed by atoms with E-state index in [1.807, 2.05) is 18.2 Å². The second kappa shape index (κ2) is 10.3. The molecular formula is C30H29N3O6. The highest BCUT2D eigenvalue weighted by Crippen LogP contribution is 2.42. The number of nitro benzene ring substituents is 1. The average molecular weight is 528 g/mol. The maximum absolute atomic E-state index is 13.0. The number of carboxylic acid groups (broad SMARTS) is 1. The zero-order valence-corrected chi connectivity index (χ0v) is 21.8. The highest BCUT2D eigenvalue weighted by Gasteiger charge is 2.29. The zero-order valence-electron chi connectivity index (χ0n) is 21.8. The molecular weight excluding hydrogens is 498 g/mol. The summed E-state index contributed by atoms with van der Waals surface area (Å²) in [6, 6.07) is 17.6. The number of carbonyl (C=O) groups excluding carboxylic acids is 1. The molecule has 200 valence electrons. The Labute approximate surface area is 225 Å². The fraction of sp³-hybridized carbons (Fsp3) is 0.267. The summed E-state index contributed by atoms with van der Waals surface area (Å²) < 4.78 is 5.46. The molecule has 1 fully saturated rings. The molecule has 1 heterocycles. The first-order chi connectivity index (χ1) is 18.6. The average Bonchev–Trinajstić information content (AvgIpc) is 2.93. The van der Waals surface area contributed by atoms with E-state index in [2.05, 4.69) is 54.4 Å². The standard InChI is InChI=1S/C30H29N3O6/c1-30(2)12-11-23(19-3-7-22(8-4-19)32-13-15-39-16-14-32)25-18-21(6-10-26(25)30)31-28(34)20-5-9-24(29(35)36)27(17-20)33(37)38/h3-11,17-18H,12-16H2,1-2H3,(H,31,34)(H,35,36). The lowest BCUT2D eigenvalue weighted by Gasteiger charge is -2.33. The lowest BCUT2D eigenvalue weighted by Crippen LogP contribution is -2.36. The van der Waals surface area contributed by atoms with Crippen molar-refractivity contribution in [1.29, 1.82) is 0 Å². The summed E-state index contributed by atoms with van der Waals surface area (Å²) in [5, 5.41) is 23.4. The Hall–Kier alpha value is -4.50. The first-order valence-corrected chi connectivity index (χ1v) is 12.8. The van der Waals surface area contributed by atoms with Gasteiger partial charge in [-0.05, 0) is 70.5 Å². The van der Waals surface area contributed by atoms with Gasteiger partial charge in [-0.15, -0.1) is 0 Å². The maximum atomic E-state index is 13.0. The van der Waals surface area contributed by atoms with Gasteiger partial charge in [0.2, 0.25) is 0 Å². The molecule has 0 saturated carbocycles. The molecule has 1 aliphatic heterocycles. The van der Waals surface area contributed by atoms with Crippen molar-refractivity contribution in [3.8, 4) is 0 Å². The number of carboxylic acids is 1. The number of hydrogen-bond acceptors (Lipinski definition) is 6. The van der Waals surface area contributed by atoms with E-state index in [4.69, 9.17) is 4.74 Å². The van der Waals surface area contributed by atoms with Crippen molar-refractivity contribution in [1.82, 2.24) is 0 Å². The lowest BCUT2D eigenvalue weighted by atomic mass is 9.72. The van der Waals surface area contributed by atoms with E-state index < -0.39 is 28.1 Å². The molecule has 3 aromatic rings. The van der Waals surface area contributed by atoms with Crippen LogP contribution in [0.2, 0.25) is 0 Å². The third kappa shape index (κ3) is 5.26. The van der Waals surface area contributed by atoms with E-state index in [1.165, 1.54) is 6.07 Å². The first kappa shape index (κ1) is 26.1. The second-order valence-electron chi connectivity index (χ2n) is 10.4. The number of hydrogen-bond donors (Lipinski definition) is 2. The van der Waals surface area contributed by atoms with Crippen LogP contribution < -0.4 is 10.2 Å². The predicted octanol–water partition coefficient (Wildman–Crippen LogP) is 5.49. The van der Waals surface area contributed by atoms with E-state index in [1.54, 1.807) is 0 Å². The molecule has 2 aliphatic rings. The van der Waals surface area contributed by atoms with Gasteiger partial charge in [0.25, 0.3) is 11.6 Å². The molecule has 3 aromatic carbocycles. The number of benzene rings is 3. The number of nitrogens with zero attached hydrogens (tertiary/aromatic N) is 2. The van der Waals surface area contributed by atoms with Crippen molar-refractivity contribution in [3.05, 3.63) is 105 Å². The number of rotatable bonds is 6. The van der Waals surface area contributed by atoms with Crippen molar-refractivity contribution < 1.29 is 24.4 Å². The Balaban J connectivity index is 1.44. The minimum absolute atomic E-state index is 0.000724. The Morgan fingerprint density at radius 2 is 1.74 bits per heavy atom. The number of fused-ring (bicyclic) bond motifs is 1. The summed E-state index contributed by atoms with van der Waals surface area (Å²) >= 11 is 0. The third-order valence-corrected chi connectivity index (χ3v) is 7.35. The summed E-state index contributed by atoms with van der Waals surface area (Å²) in [4.78, 5) is 37.2. The van der Waals surface area contributed by atoms with Crippen molar-refractivity contribution >= 4 is 34.5 Å². The lowest BCUT2D eigenvalue weighted by molar-refractivity contribution is -0.385. The van der Waals surface area contributed by atoms with Crippen LogP contribution in [0.15, 0.2) is 66.7 Å². The molecule has 1 saturated heterocycles. The van der Waals surface area contributed by atoms with Gasteiger partial charge in [0.05, 0.1) is 18.1 Å². The number of carbonyl (C=O) groups is 2. The number of nitrogens with one attached hydrogen (secondary N) is 1. The largest absolute Gasteiger partial charge is 0.477 e. The highest BCUT2D eigenvalue weighted by atomic mass is 16.6. The van der Waals surface area contributed by atoms with Crippen LogP contribution >= 0.6 is 0 Å². The smallest absolute Gasteiger partial charge is 0.342 e. The molecule has 0 unspecified atom stereocenters. The number of anilines is 2. The van der Waals surface area contributed by atoms with Gasteiger partial charge in [-0.2, -0.15) is 0 Å². The topological polar surface area (TPSA) is 122 Å². The number of morpholine rings is 1. The fourth-order valence-corrected chi connectivity index (χ4v) is 5.17. The van der Waals surface area contributed by atoms with Gasteiger partial charge in [0, 0.05) is 36.1 Å². The molecule has 1 amide bonds. The van der Waals surface area contributed by atoms with Gasteiger partial charge in [-0.1, -0.05) is 38.1 Å². The second-order valence-corrected chi connectivity index (χ2v) is 10.4. The van der Waals surface area contributed by atoms with Crippen LogP contribution in [0.1, 0.15) is 57.7 Å². The van der Waals surface area contributed by atoms with E-state index in [-0.39, 0.29) is 11.0 Å². The molecule has 0 aromatic heterocycles. The molecule has 9 heteroatoms. The van der Waals surface area contributed by atoms with Crippen molar-refractivity contribution in [2.45, 2.75) is 25.7 Å². The first-order valence-electron chi connectivity index (χ1n) is 12.8. The van der Waals surface area contributed by atoms with E-state index >= 15 is 0 Å². The van der Waals surface area contributed by atoms with Gasteiger partial charge in [-0.25, -0.2) is 4.79 Å². The molecule has 0 radical (unpaired) electrons. The highest BCUT2D eigenvalue weighted by molar-refractivity contribution is 6.06. The predicted molar refractivity (Wildman–Crippen MR) is 149 cm³/mol. The SMILES string of the molecule is CC1(C)CC=C(c2ccc(N3CCOCC3)cc2)c2cc(NC(=O)c3ccc(C(=O)O)c([N+](=O)[O-])c3)ccc21. The summed E-state index contributed by atoms with van der Waals surface area (Å²) in [5.74, 6) is -1.99. The third-order valence-electron chi connectivity index (χ3n) is 7.35. The molecule has 5 rings (SSSR count). The van der Waals surface area contributed by atoms with Gasteiger partial charge in [0.15, 0.2) is 0 Å². The van der Waals surface area contributed by atoms with Crippen LogP contribution in [-0.2, 0) is 10.2 Å². The summed E-state index contributed by atoms with van der Waals surface area (Å²) in [7, 11) is 0. The minimum Gasteiger partial charge on any atom is -0.477 e. The molecule has 0 atom stereocenters. The van der Waals surface area contributed by atoms with Crippen LogP contribution in [0.3, 0.4) is 0 Å². The van der Waals surface area contributed by atoms with E-state index in [0.29, 0.717) is 5.69 Å². The van der Waals surface area contributed by atoms with Crippen molar-refractivity contribution in [2.24, 2.45) is 0 Å². The Kier molecular flexibility index (Phi) is 6.93. The molecule has 2 N–H and O–H groups in total. The molecule has 0 spiro atoms. The van der Waals surface area contributed by atoms with E-state index in [9.17, 15) is 24.8 Å². The molecule has 1 aliphatic carbocycles. The number of nitro groups is 1. The number of allylic oxidation sites excluding steroid dienone is 1. The zero-order chi connectivity index (χ0) is 27.7. The summed E-state index contributed by atoms with van der Waals surface area (Å²) in [5.41, 5.74) is 4.83. The van der Waals surface area contributed by atoms with Crippen LogP contribution in [0.25, 0.3) is 5.57 Å². The van der Waals surface area contributed by atoms with Crippen LogP contribution in [0.4, 0.5) is 17.1 Å².